The Bertz CT molecular complexity index is 816. The van der Waals surface area contributed by atoms with Gasteiger partial charge in [0.25, 0.3) is 5.91 Å². The van der Waals surface area contributed by atoms with E-state index in [1.807, 2.05) is 24.0 Å². The fraction of sp³-hybridized carbons (Fsp3) is 0.500. The number of nitrogens with zero attached hydrogens (tertiary/aromatic N) is 3. The molecule has 2 aromatic carbocycles. The number of carbonyl (C=O) groups excluding carboxylic acids is 1. The number of hydrogen-bond donors (Lipinski definition) is 0. The Labute approximate surface area is 156 Å². The van der Waals surface area contributed by atoms with Gasteiger partial charge in [0.05, 0.1) is 5.69 Å². The Kier molecular flexibility index (Phi) is 4.86. The van der Waals surface area contributed by atoms with E-state index in [1.54, 1.807) is 0 Å². The molecule has 0 aliphatic carbocycles. The fourth-order valence-corrected chi connectivity index (χ4v) is 4.44. The summed E-state index contributed by atoms with van der Waals surface area (Å²) in [5, 5.41) is 2.37. The van der Waals surface area contributed by atoms with Gasteiger partial charge in [-0.2, -0.15) is 0 Å². The topological polar surface area (TPSA) is 26.8 Å². The standard InChI is InChI=1S/C22H29N3O/c1-3-5-12-23-13-7-14-24(16-15-23)19-10-11-20-21-17(19)8-6-9-18(21)22(26)25(20)4-2/h6,8-11H,3-5,7,12-16H2,1-2H3. The zero-order valence-corrected chi connectivity index (χ0v) is 16.0. The number of carbonyl (C=O) groups is 1. The van der Waals surface area contributed by atoms with Crippen LogP contribution in [0.15, 0.2) is 30.3 Å². The summed E-state index contributed by atoms with van der Waals surface area (Å²) in [7, 11) is 0. The molecule has 1 amide bonds. The maximum absolute atomic E-state index is 12.7. The number of amides is 1. The lowest BCUT2D eigenvalue weighted by Crippen LogP contribution is -2.31. The highest BCUT2D eigenvalue weighted by atomic mass is 16.2. The normalized spacial score (nSPS) is 18.0. The van der Waals surface area contributed by atoms with Crippen LogP contribution in [0.25, 0.3) is 10.8 Å². The molecule has 2 aliphatic rings. The summed E-state index contributed by atoms with van der Waals surface area (Å²) in [6.45, 7) is 10.7. The molecule has 1 fully saturated rings. The van der Waals surface area contributed by atoms with Crippen molar-refractivity contribution in [2.45, 2.75) is 33.1 Å². The predicted molar refractivity (Wildman–Crippen MR) is 109 cm³/mol. The largest absolute Gasteiger partial charge is 0.370 e. The first kappa shape index (κ1) is 17.3. The molecule has 0 saturated carbocycles. The van der Waals surface area contributed by atoms with E-state index >= 15 is 0 Å². The number of rotatable bonds is 5. The minimum atomic E-state index is 0.145. The lowest BCUT2D eigenvalue weighted by molar-refractivity contribution is 0.0994. The Morgan fingerprint density at radius 2 is 1.81 bits per heavy atom. The van der Waals surface area contributed by atoms with Gasteiger partial charge in [0.1, 0.15) is 0 Å². The van der Waals surface area contributed by atoms with E-state index in [4.69, 9.17) is 0 Å². The molecule has 138 valence electrons. The maximum Gasteiger partial charge on any atom is 0.258 e. The van der Waals surface area contributed by atoms with Crippen molar-refractivity contribution in [3.63, 3.8) is 0 Å². The lowest BCUT2D eigenvalue weighted by Gasteiger charge is -2.25. The van der Waals surface area contributed by atoms with Crippen LogP contribution in [0.4, 0.5) is 11.4 Å². The highest BCUT2D eigenvalue weighted by Crippen LogP contribution is 2.41. The zero-order chi connectivity index (χ0) is 18.1. The van der Waals surface area contributed by atoms with E-state index in [9.17, 15) is 4.79 Å². The van der Waals surface area contributed by atoms with Gasteiger partial charge in [0.15, 0.2) is 0 Å². The van der Waals surface area contributed by atoms with Gasteiger partial charge in [-0.15, -0.1) is 0 Å². The van der Waals surface area contributed by atoms with E-state index in [2.05, 4.69) is 34.9 Å². The minimum absolute atomic E-state index is 0.145. The van der Waals surface area contributed by atoms with Crippen molar-refractivity contribution >= 4 is 28.1 Å². The van der Waals surface area contributed by atoms with Gasteiger partial charge in [0.2, 0.25) is 0 Å². The van der Waals surface area contributed by atoms with Gasteiger partial charge in [0, 0.05) is 48.2 Å². The molecule has 0 N–H and O–H groups in total. The van der Waals surface area contributed by atoms with Gasteiger partial charge in [-0.05, 0) is 51.1 Å². The van der Waals surface area contributed by atoms with E-state index in [1.165, 1.54) is 43.4 Å². The summed E-state index contributed by atoms with van der Waals surface area (Å²) in [5.74, 6) is 0.145. The summed E-state index contributed by atoms with van der Waals surface area (Å²) in [5.41, 5.74) is 3.22. The first-order valence-corrected chi connectivity index (χ1v) is 10.1. The predicted octanol–water partition coefficient (Wildman–Crippen LogP) is 4.13. The minimum Gasteiger partial charge on any atom is -0.370 e. The van der Waals surface area contributed by atoms with Crippen molar-refractivity contribution < 1.29 is 4.79 Å². The second-order valence-electron chi connectivity index (χ2n) is 7.42. The maximum atomic E-state index is 12.7. The number of anilines is 2. The SMILES string of the molecule is CCCCN1CCCN(c2ccc3c4c(cccc24)C(=O)N3CC)CC1. The smallest absolute Gasteiger partial charge is 0.258 e. The lowest BCUT2D eigenvalue weighted by atomic mass is 10.0. The van der Waals surface area contributed by atoms with Crippen LogP contribution in [-0.2, 0) is 0 Å². The molecular weight excluding hydrogens is 322 g/mol. The zero-order valence-electron chi connectivity index (χ0n) is 16.0. The number of benzene rings is 2. The van der Waals surface area contributed by atoms with Gasteiger partial charge < -0.3 is 14.7 Å². The van der Waals surface area contributed by atoms with E-state index in [0.717, 1.165) is 42.8 Å². The molecule has 0 aromatic heterocycles. The van der Waals surface area contributed by atoms with E-state index in [-0.39, 0.29) is 5.91 Å². The van der Waals surface area contributed by atoms with Crippen molar-refractivity contribution in [3.8, 4) is 0 Å². The molecule has 2 heterocycles. The molecule has 0 unspecified atom stereocenters. The van der Waals surface area contributed by atoms with Crippen LogP contribution in [0.5, 0.6) is 0 Å². The molecule has 4 nitrogen and oxygen atoms in total. The van der Waals surface area contributed by atoms with Crippen LogP contribution in [0.1, 0.15) is 43.5 Å². The van der Waals surface area contributed by atoms with Gasteiger partial charge in [-0.1, -0.05) is 25.5 Å². The Morgan fingerprint density at radius 3 is 2.62 bits per heavy atom. The molecule has 0 bridgehead atoms. The van der Waals surface area contributed by atoms with Crippen molar-refractivity contribution in [2.24, 2.45) is 0 Å². The van der Waals surface area contributed by atoms with Crippen LogP contribution < -0.4 is 9.80 Å². The average Bonchev–Trinajstić information content (AvgIpc) is 2.82. The van der Waals surface area contributed by atoms with Crippen molar-refractivity contribution in [1.29, 1.82) is 0 Å². The second kappa shape index (κ2) is 7.28. The first-order chi connectivity index (χ1) is 12.7. The Hall–Kier alpha value is -2.07. The number of hydrogen-bond acceptors (Lipinski definition) is 3. The molecule has 0 spiro atoms. The molecular formula is C22H29N3O. The van der Waals surface area contributed by atoms with Gasteiger partial charge >= 0.3 is 0 Å². The summed E-state index contributed by atoms with van der Waals surface area (Å²) in [6.07, 6.45) is 3.75. The average molecular weight is 351 g/mol. The highest BCUT2D eigenvalue weighted by Gasteiger charge is 2.30. The third kappa shape index (κ3) is 2.86. The summed E-state index contributed by atoms with van der Waals surface area (Å²) < 4.78 is 0. The van der Waals surface area contributed by atoms with Crippen molar-refractivity contribution in [2.75, 3.05) is 49.1 Å². The fourth-order valence-electron chi connectivity index (χ4n) is 4.44. The molecule has 4 heteroatoms. The van der Waals surface area contributed by atoms with Crippen LogP contribution in [0, 0.1) is 0 Å². The van der Waals surface area contributed by atoms with E-state index < -0.39 is 0 Å². The molecule has 4 rings (SSSR count). The first-order valence-electron chi connectivity index (χ1n) is 10.1. The van der Waals surface area contributed by atoms with Gasteiger partial charge in [-0.3, -0.25) is 4.79 Å². The number of unbranched alkanes of at least 4 members (excludes halogenated alkanes) is 1. The van der Waals surface area contributed by atoms with Crippen molar-refractivity contribution in [1.82, 2.24) is 4.90 Å². The Balaban J connectivity index is 1.67. The monoisotopic (exact) mass is 351 g/mol. The molecule has 1 saturated heterocycles. The molecule has 26 heavy (non-hydrogen) atoms. The quantitative estimate of drug-likeness (QED) is 0.810. The van der Waals surface area contributed by atoms with Crippen LogP contribution in [0.3, 0.4) is 0 Å². The molecule has 0 radical (unpaired) electrons. The third-order valence-electron chi connectivity index (χ3n) is 5.84. The van der Waals surface area contributed by atoms with Crippen LogP contribution >= 0.6 is 0 Å². The summed E-state index contributed by atoms with van der Waals surface area (Å²) >= 11 is 0. The summed E-state index contributed by atoms with van der Waals surface area (Å²) in [4.78, 5) is 19.7. The summed E-state index contributed by atoms with van der Waals surface area (Å²) in [6, 6.07) is 10.6. The highest BCUT2D eigenvalue weighted by molar-refractivity contribution is 6.26. The van der Waals surface area contributed by atoms with Crippen molar-refractivity contribution in [3.05, 3.63) is 35.9 Å². The molecule has 0 atom stereocenters. The Morgan fingerprint density at radius 1 is 0.962 bits per heavy atom. The van der Waals surface area contributed by atoms with Crippen LogP contribution in [-0.4, -0.2) is 50.1 Å². The molecule has 2 aromatic rings. The van der Waals surface area contributed by atoms with Gasteiger partial charge in [-0.25, -0.2) is 0 Å². The third-order valence-corrected chi connectivity index (χ3v) is 5.84. The second-order valence-corrected chi connectivity index (χ2v) is 7.42. The van der Waals surface area contributed by atoms with Crippen LogP contribution in [0.2, 0.25) is 0 Å². The molecule has 2 aliphatic heterocycles. The van der Waals surface area contributed by atoms with E-state index in [0.29, 0.717) is 0 Å².